The van der Waals surface area contributed by atoms with Crippen molar-refractivity contribution in [1.82, 2.24) is 4.98 Å². The third-order valence-electron chi connectivity index (χ3n) is 4.06. The smallest absolute Gasteiger partial charge is 0.257 e. The lowest BCUT2D eigenvalue weighted by Gasteiger charge is -2.14. The first kappa shape index (κ1) is 16.8. The summed E-state index contributed by atoms with van der Waals surface area (Å²) in [7, 11) is 4.72. The van der Waals surface area contributed by atoms with Gasteiger partial charge in [-0.2, -0.15) is 0 Å². The van der Waals surface area contributed by atoms with Crippen LogP contribution in [-0.4, -0.2) is 32.2 Å². The van der Waals surface area contributed by atoms with Gasteiger partial charge in [-0.25, -0.2) is 4.98 Å². The van der Waals surface area contributed by atoms with E-state index in [2.05, 4.69) is 10.3 Å². The first-order valence-corrected chi connectivity index (χ1v) is 7.95. The molecule has 3 rings (SSSR count). The zero-order valence-electron chi connectivity index (χ0n) is 14.7. The molecular weight excluding hydrogens is 320 g/mol. The van der Waals surface area contributed by atoms with Gasteiger partial charge in [0.25, 0.3) is 5.91 Å². The number of nitrogens with zero attached hydrogens (tertiary/aromatic N) is 1. The molecule has 2 aromatic rings. The molecule has 0 aliphatic carbocycles. The normalized spacial score (nSPS) is 14.2. The molecule has 25 heavy (non-hydrogen) atoms. The minimum atomic E-state index is -0.119. The van der Waals surface area contributed by atoms with Crippen LogP contribution in [0.2, 0.25) is 0 Å². The fraction of sp³-hybridized carbons (Fsp3) is 0.263. The molecule has 1 aromatic carbocycles. The van der Waals surface area contributed by atoms with Crippen LogP contribution in [0.5, 0.6) is 17.2 Å². The fourth-order valence-electron chi connectivity index (χ4n) is 2.88. The van der Waals surface area contributed by atoms with Gasteiger partial charge in [0, 0.05) is 22.9 Å². The number of ether oxygens (including phenoxy) is 3. The molecule has 6 heteroatoms. The second-order valence-corrected chi connectivity index (χ2v) is 5.51. The van der Waals surface area contributed by atoms with Gasteiger partial charge in [-0.3, -0.25) is 4.79 Å². The Kier molecular flexibility index (Phi) is 4.61. The summed E-state index contributed by atoms with van der Waals surface area (Å²) in [6.07, 6.45) is 4.40. The van der Waals surface area contributed by atoms with Crippen LogP contribution in [0.3, 0.4) is 0 Å². The van der Waals surface area contributed by atoms with Crippen LogP contribution in [0.15, 0.2) is 30.5 Å². The first-order valence-electron chi connectivity index (χ1n) is 7.95. The lowest BCUT2D eigenvalue weighted by molar-refractivity contribution is -0.110. The van der Waals surface area contributed by atoms with Crippen molar-refractivity contribution in [2.75, 3.05) is 26.6 Å². The molecule has 0 atom stereocenters. The third kappa shape index (κ3) is 2.91. The summed E-state index contributed by atoms with van der Waals surface area (Å²) in [6, 6.07) is 5.67. The Hall–Kier alpha value is -3.02. The van der Waals surface area contributed by atoms with Crippen LogP contribution in [0, 0.1) is 0 Å². The number of rotatable bonds is 5. The number of aromatic nitrogens is 1. The van der Waals surface area contributed by atoms with E-state index in [0.29, 0.717) is 28.6 Å². The number of pyridine rings is 1. The van der Waals surface area contributed by atoms with E-state index in [9.17, 15) is 4.79 Å². The Bertz CT molecular complexity index is 833. The molecular formula is C19H20N2O4. The average Bonchev–Trinajstić information content (AvgIpc) is 2.95. The van der Waals surface area contributed by atoms with Gasteiger partial charge in [0.15, 0.2) is 11.5 Å². The molecule has 1 aliphatic rings. The summed E-state index contributed by atoms with van der Waals surface area (Å²) < 4.78 is 16.2. The SMILES string of the molecule is CC/C=C1\C(=O)Nc2ncc(-c3cc(OC)c(OC)c(OC)c3)cc21. The number of amides is 1. The number of allylic oxidation sites excluding steroid dienone is 1. The summed E-state index contributed by atoms with van der Waals surface area (Å²) in [5.41, 5.74) is 3.17. The number of carbonyl (C=O) groups is 1. The Morgan fingerprint density at radius 3 is 2.28 bits per heavy atom. The Balaban J connectivity index is 2.13. The van der Waals surface area contributed by atoms with Crippen molar-refractivity contribution in [3.63, 3.8) is 0 Å². The topological polar surface area (TPSA) is 69.7 Å². The van der Waals surface area contributed by atoms with E-state index in [1.807, 2.05) is 31.2 Å². The number of hydrogen-bond donors (Lipinski definition) is 1. The van der Waals surface area contributed by atoms with Gasteiger partial charge in [-0.1, -0.05) is 13.0 Å². The molecule has 0 radical (unpaired) electrons. The summed E-state index contributed by atoms with van der Waals surface area (Å²) in [6.45, 7) is 1.99. The van der Waals surface area contributed by atoms with E-state index >= 15 is 0 Å². The average molecular weight is 340 g/mol. The molecule has 0 spiro atoms. The van der Waals surface area contributed by atoms with Gasteiger partial charge in [-0.05, 0) is 30.2 Å². The van der Waals surface area contributed by atoms with Crippen molar-refractivity contribution in [3.8, 4) is 28.4 Å². The summed E-state index contributed by atoms with van der Waals surface area (Å²) >= 11 is 0. The third-order valence-corrected chi connectivity index (χ3v) is 4.06. The number of benzene rings is 1. The van der Waals surface area contributed by atoms with E-state index in [1.165, 1.54) is 0 Å². The molecule has 0 saturated carbocycles. The van der Waals surface area contributed by atoms with Crippen molar-refractivity contribution in [2.45, 2.75) is 13.3 Å². The maximum atomic E-state index is 12.1. The van der Waals surface area contributed by atoms with E-state index in [0.717, 1.165) is 23.1 Å². The lowest BCUT2D eigenvalue weighted by Crippen LogP contribution is -2.04. The van der Waals surface area contributed by atoms with Crippen LogP contribution in [0.1, 0.15) is 18.9 Å². The predicted molar refractivity (Wildman–Crippen MR) is 96.2 cm³/mol. The van der Waals surface area contributed by atoms with Crippen molar-refractivity contribution in [2.24, 2.45) is 0 Å². The number of methoxy groups -OCH3 is 3. The van der Waals surface area contributed by atoms with Crippen molar-refractivity contribution < 1.29 is 19.0 Å². The highest BCUT2D eigenvalue weighted by Crippen LogP contribution is 2.42. The minimum absolute atomic E-state index is 0.119. The Morgan fingerprint density at radius 1 is 1.04 bits per heavy atom. The molecule has 130 valence electrons. The molecule has 2 heterocycles. The quantitative estimate of drug-likeness (QED) is 0.844. The van der Waals surface area contributed by atoms with Gasteiger partial charge >= 0.3 is 0 Å². The number of carbonyl (C=O) groups excluding carboxylic acids is 1. The molecule has 0 bridgehead atoms. The Morgan fingerprint density at radius 2 is 1.72 bits per heavy atom. The zero-order chi connectivity index (χ0) is 18.0. The van der Waals surface area contributed by atoms with Gasteiger partial charge in [0.05, 0.1) is 21.3 Å². The highest BCUT2D eigenvalue weighted by Gasteiger charge is 2.25. The van der Waals surface area contributed by atoms with Crippen LogP contribution < -0.4 is 19.5 Å². The largest absolute Gasteiger partial charge is 0.493 e. The monoisotopic (exact) mass is 340 g/mol. The molecule has 0 saturated heterocycles. The molecule has 1 aliphatic heterocycles. The van der Waals surface area contributed by atoms with E-state index < -0.39 is 0 Å². The van der Waals surface area contributed by atoms with Crippen molar-refractivity contribution >= 4 is 17.3 Å². The summed E-state index contributed by atoms with van der Waals surface area (Å²) in [5.74, 6) is 2.13. The maximum absolute atomic E-state index is 12.1. The van der Waals surface area contributed by atoms with Crippen LogP contribution in [-0.2, 0) is 4.79 Å². The molecule has 1 N–H and O–H groups in total. The van der Waals surface area contributed by atoms with Crippen molar-refractivity contribution in [1.29, 1.82) is 0 Å². The van der Waals surface area contributed by atoms with Gasteiger partial charge in [0.2, 0.25) is 5.75 Å². The highest BCUT2D eigenvalue weighted by atomic mass is 16.5. The number of nitrogens with one attached hydrogen (secondary N) is 1. The fourth-order valence-corrected chi connectivity index (χ4v) is 2.88. The second kappa shape index (κ2) is 6.84. The molecule has 0 fully saturated rings. The summed E-state index contributed by atoms with van der Waals surface area (Å²) in [4.78, 5) is 16.5. The minimum Gasteiger partial charge on any atom is -0.493 e. The van der Waals surface area contributed by atoms with Gasteiger partial charge < -0.3 is 19.5 Å². The number of hydrogen-bond acceptors (Lipinski definition) is 5. The van der Waals surface area contributed by atoms with Crippen LogP contribution in [0.25, 0.3) is 16.7 Å². The number of fused-ring (bicyclic) bond motifs is 1. The van der Waals surface area contributed by atoms with E-state index in [-0.39, 0.29) is 5.91 Å². The van der Waals surface area contributed by atoms with Gasteiger partial charge in [0.1, 0.15) is 5.82 Å². The molecule has 1 amide bonds. The molecule has 0 unspecified atom stereocenters. The van der Waals surface area contributed by atoms with Gasteiger partial charge in [-0.15, -0.1) is 0 Å². The predicted octanol–water partition coefficient (Wildman–Crippen LogP) is 3.52. The summed E-state index contributed by atoms with van der Waals surface area (Å²) in [5, 5.41) is 2.79. The highest BCUT2D eigenvalue weighted by molar-refractivity contribution is 6.31. The molecule has 6 nitrogen and oxygen atoms in total. The Labute approximate surface area is 146 Å². The van der Waals surface area contributed by atoms with Crippen molar-refractivity contribution in [3.05, 3.63) is 36.0 Å². The van der Waals surface area contributed by atoms with Crippen LogP contribution >= 0.6 is 0 Å². The zero-order valence-corrected chi connectivity index (χ0v) is 14.7. The second-order valence-electron chi connectivity index (χ2n) is 5.51. The standard InChI is InChI=1S/C19H20N2O4/c1-5-6-13-14-7-12(10-20-18(14)21-19(13)22)11-8-15(23-2)17(25-4)16(9-11)24-3/h6-10H,5H2,1-4H3,(H,20,21,22)/b13-6-. The maximum Gasteiger partial charge on any atom is 0.257 e. The van der Waals surface area contributed by atoms with Crippen LogP contribution in [0.4, 0.5) is 5.82 Å². The van der Waals surface area contributed by atoms with E-state index in [4.69, 9.17) is 14.2 Å². The van der Waals surface area contributed by atoms with E-state index in [1.54, 1.807) is 27.5 Å². The number of anilines is 1. The first-order chi connectivity index (χ1) is 12.1. The lowest BCUT2D eigenvalue weighted by atomic mass is 10.0. The molecule has 1 aromatic heterocycles.